The predicted octanol–water partition coefficient (Wildman–Crippen LogP) is 2.10. The van der Waals surface area contributed by atoms with E-state index in [9.17, 15) is 0 Å². The molecule has 2 heterocycles. The Morgan fingerprint density at radius 3 is 3.00 bits per heavy atom. The number of anilines is 1. The van der Waals surface area contributed by atoms with Gasteiger partial charge < -0.3 is 5.73 Å². The third kappa shape index (κ3) is 1.40. The van der Waals surface area contributed by atoms with Gasteiger partial charge in [-0.25, -0.2) is 4.98 Å². The zero-order valence-corrected chi connectivity index (χ0v) is 8.47. The molecule has 5 heteroatoms. The number of aromatic nitrogens is 2. The number of rotatable bonds is 0. The van der Waals surface area contributed by atoms with Gasteiger partial charge >= 0.3 is 0 Å². The maximum absolute atomic E-state index is 5.61. The van der Waals surface area contributed by atoms with Crippen LogP contribution in [0.3, 0.4) is 0 Å². The van der Waals surface area contributed by atoms with Crippen LogP contribution in [0.2, 0.25) is 0 Å². The fourth-order valence-corrected chi connectivity index (χ4v) is 1.30. The second-order valence-corrected chi connectivity index (χ2v) is 3.17. The lowest BCUT2D eigenvalue weighted by atomic mass is 10.5. The Kier molecular flexibility index (Phi) is 2.59. The fourth-order valence-electron chi connectivity index (χ4n) is 0.975. The highest BCUT2D eigenvalue weighted by Gasteiger charge is 1.97. The molecule has 0 bridgehead atoms. The molecular weight excluding hydrogens is 241 g/mol. The molecule has 64 valence electrons. The fraction of sp³-hybridized carbons (Fsp3) is 0. The monoisotopic (exact) mass is 247 g/mol. The summed E-state index contributed by atoms with van der Waals surface area (Å²) in [6, 6.07) is 3.83. The summed E-state index contributed by atoms with van der Waals surface area (Å²) in [5, 5.41) is 0. The van der Waals surface area contributed by atoms with Crippen LogP contribution in [0.1, 0.15) is 0 Å². The van der Waals surface area contributed by atoms with E-state index in [0.29, 0.717) is 5.82 Å². The smallest absolute Gasteiger partial charge is 0.139 e. The summed E-state index contributed by atoms with van der Waals surface area (Å²) >= 11 is 3.35. The normalized spacial score (nSPS) is 9.75. The van der Waals surface area contributed by atoms with Gasteiger partial charge in [-0.3, -0.25) is 4.40 Å². The number of hydrogen-bond donors (Lipinski definition) is 1. The Morgan fingerprint density at radius 1 is 1.50 bits per heavy atom. The topological polar surface area (TPSA) is 43.3 Å². The molecule has 0 fully saturated rings. The maximum atomic E-state index is 5.61. The van der Waals surface area contributed by atoms with Crippen molar-refractivity contribution in [2.75, 3.05) is 5.73 Å². The van der Waals surface area contributed by atoms with Crippen LogP contribution in [0.4, 0.5) is 5.82 Å². The standard InChI is InChI=1S/C7H6BrN3.ClH/c8-5-1-2-11-6(9)4-10-7(11)3-5;/h1-4H,9H2;1H. The van der Waals surface area contributed by atoms with Crippen molar-refractivity contribution >= 4 is 39.8 Å². The minimum absolute atomic E-state index is 0. The van der Waals surface area contributed by atoms with Crippen molar-refractivity contribution in [1.29, 1.82) is 0 Å². The van der Waals surface area contributed by atoms with Crippen molar-refractivity contribution in [3.05, 3.63) is 29.0 Å². The van der Waals surface area contributed by atoms with Gasteiger partial charge in [0.05, 0.1) is 6.20 Å². The van der Waals surface area contributed by atoms with Crippen LogP contribution in [0.15, 0.2) is 29.0 Å². The van der Waals surface area contributed by atoms with E-state index in [4.69, 9.17) is 5.73 Å². The van der Waals surface area contributed by atoms with E-state index in [1.54, 1.807) is 6.20 Å². The molecule has 2 rings (SSSR count). The lowest BCUT2D eigenvalue weighted by molar-refractivity contribution is 1.19. The molecule has 0 spiro atoms. The Bertz CT molecular complexity index is 398. The van der Waals surface area contributed by atoms with Gasteiger partial charge in [0.2, 0.25) is 0 Å². The van der Waals surface area contributed by atoms with Crippen molar-refractivity contribution in [2.24, 2.45) is 0 Å². The first-order chi connectivity index (χ1) is 5.27. The van der Waals surface area contributed by atoms with E-state index in [2.05, 4.69) is 20.9 Å². The van der Waals surface area contributed by atoms with Crippen LogP contribution in [0.25, 0.3) is 5.65 Å². The summed E-state index contributed by atoms with van der Waals surface area (Å²) in [4.78, 5) is 4.09. The van der Waals surface area contributed by atoms with Crippen LogP contribution >= 0.6 is 28.3 Å². The number of nitrogens with two attached hydrogens (primary N) is 1. The third-order valence-corrected chi connectivity index (χ3v) is 2.00. The minimum atomic E-state index is 0. The molecule has 0 aliphatic carbocycles. The lowest BCUT2D eigenvalue weighted by Crippen LogP contribution is -1.90. The van der Waals surface area contributed by atoms with Crippen LogP contribution < -0.4 is 5.73 Å². The van der Waals surface area contributed by atoms with E-state index in [1.807, 2.05) is 22.7 Å². The van der Waals surface area contributed by atoms with Gasteiger partial charge in [0.25, 0.3) is 0 Å². The third-order valence-electron chi connectivity index (χ3n) is 1.50. The van der Waals surface area contributed by atoms with Gasteiger partial charge in [0, 0.05) is 10.7 Å². The number of nitrogens with zero attached hydrogens (tertiary/aromatic N) is 2. The van der Waals surface area contributed by atoms with Gasteiger partial charge in [-0.1, -0.05) is 15.9 Å². The van der Waals surface area contributed by atoms with Crippen molar-refractivity contribution < 1.29 is 0 Å². The van der Waals surface area contributed by atoms with Gasteiger partial charge in [0.1, 0.15) is 11.5 Å². The Morgan fingerprint density at radius 2 is 2.25 bits per heavy atom. The number of halogens is 2. The molecule has 3 nitrogen and oxygen atoms in total. The summed E-state index contributed by atoms with van der Waals surface area (Å²) in [5.41, 5.74) is 6.47. The first kappa shape index (κ1) is 9.35. The first-order valence-corrected chi connectivity index (χ1v) is 3.95. The van der Waals surface area contributed by atoms with Gasteiger partial charge in [0.15, 0.2) is 0 Å². The average Bonchev–Trinajstić information content (AvgIpc) is 2.32. The first-order valence-electron chi connectivity index (χ1n) is 3.15. The SMILES string of the molecule is Cl.Nc1cnc2cc(Br)ccn12. The molecule has 0 atom stereocenters. The van der Waals surface area contributed by atoms with Crippen LogP contribution in [0, 0.1) is 0 Å². The summed E-state index contributed by atoms with van der Waals surface area (Å²) in [6.07, 6.45) is 3.52. The second kappa shape index (κ2) is 3.33. The molecule has 0 radical (unpaired) electrons. The number of pyridine rings is 1. The highest BCUT2D eigenvalue weighted by atomic mass is 79.9. The minimum Gasteiger partial charge on any atom is -0.383 e. The zero-order valence-electron chi connectivity index (χ0n) is 6.07. The van der Waals surface area contributed by atoms with Gasteiger partial charge in [-0.15, -0.1) is 12.4 Å². The van der Waals surface area contributed by atoms with Crippen molar-refractivity contribution in [2.45, 2.75) is 0 Å². The molecule has 2 aromatic heterocycles. The summed E-state index contributed by atoms with van der Waals surface area (Å²) in [5.74, 6) is 0.660. The molecule has 0 amide bonds. The Labute approximate surface area is 84.1 Å². The molecule has 2 aromatic rings. The molecule has 0 aliphatic heterocycles. The number of imidazole rings is 1. The molecule has 0 saturated heterocycles. The van der Waals surface area contributed by atoms with Crippen LogP contribution in [0.5, 0.6) is 0 Å². The molecule has 0 saturated carbocycles. The largest absolute Gasteiger partial charge is 0.383 e. The number of hydrogen-bond acceptors (Lipinski definition) is 2. The van der Waals surface area contributed by atoms with E-state index in [-0.39, 0.29) is 12.4 Å². The highest BCUT2D eigenvalue weighted by molar-refractivity contribution is 9.10. The summed E-state index contributed by atoms with van der Waals surface area (Å²) < 4.78 is 2.83. The lowest BCUT2D eigenvalue weighted by Gasteiger charge is -1.94. The second-order valence-electron chi connectivity index (χ2n) is 2.26. The van der Waals surface area contributed by atoms with E-state index >= 15 is 0 Å². The van der Waals surface area contributed by atoms with Gasteiger partial charge in [-0.05, 0) is 12.1 Å². The molecule has 2 N–H and O–H groups in total. The predicted molar refractivity (Wildman–Crippen MR) is 54.6 cm³/mol. The quantitative estimate of drug-likeness (QED) is 0.776. The number of fused-ring (bicyclic) bond motifs is 1. The van der Waals surface area contributed by atoms with E-state index < -0.39 is 0 Å². The summed E-state index contributed by atoms with van der Waals surface area (Å²) in [6.45, 7) is 0. The number of nitrogen functional groups attached to an aromatic ring is 1. The molecule has 0 unspecified atom stereocenters. The van der Waals surface area contributed by atoms with E-state index in [0.717, 1.165) is 10.1 Å². The van der Waals surface area contributed by atoms with Crippen LogP contribution in [-0.4, -0.2) is 9.38 Å². The molecule has 0 aromatic carbocycles. The molecular formula is C7H7BrClN3. The highest BCUT2D eigenvalue weighted by Crippen LogP contribution is 2.14. The average molecular weight is 249 g/mol. The van der Waals surface area contributed by atoms with E-state index in [1.165, 1.54) is 0 Å². The Balaban J connectivity index is 0.000000720. The van der Waals surface area contributed by atoms with Crippen molar-refractivity contribution in [3.63, 3.8) is 0 Å². The Hall–Kier alpha value is -0.740. The van der Waals surface area contributed by atoms with Crippen LogP contribution in [-0.2, 0) is 0 Å². The van der Waals surface area contributed by atoms with Gasteiger partial charge in [-0.2, -0.15) is 0 Å². The molecule has 0 aliphatic rings. The molecule has 12 heavy (non-hydrogen) atoms. The maximum Gasteiger partial charge on any atom is 0.139 e. The zero-order chi connectivity index (χ0) is 7.84. The summed E-state index contributed by atoms with van der Waals surface area (Å²) in [7, 11) is 0. The van der Waals surface area contributed by atoms with Crippen molar-refractivity contribution in [3.8, 4) is 0 Å². The van der Waals surface area contributed by atoms with Crippen molar-refractivity contribution in [1.82, 2.24) is 9.38 Å².